The van der Waals surface area contributed by atoms with E-state index in [9.17, 15) is 4.79 Å². The van der Waals surface area contributed by atoms with E-state index in [4.69, 9.17) is 21.1 Å². The molecular formula is C23H29ClN2O3. The number of ether oxygens (including phenoxy) is 2. The molecular weight excluding hydrogens is 388 g/mol. The third-order valence-electron chi connectivity index (χ3n) is 5.62. The van der Waals surface area contributed by atoms with E-state index in [1.165, 1.54) is 0 Å². The number of methoxy groups -OCH3 is 2. The summed E-state index contributed by atoms with van der Waals surface area (Å²) in [6.45, 7) is 4.83. The second-order valence-corrected chi connectivity index (χ2v) is 7.56. The highest BCUT2D eigenvalue weighted by atomic mass is 35.5. The van der Waals surface area contributed by atoms with Gasteiger partial charge >= 0.3 is 6.03 Å². The first-order valence-corrected chi connectivity index (χ1v) is 10.5. The molecule has 0 spiro atoms. The van der Waals surface area contributed by atoms with Crippen molar-refractivity contribution < 1.29 is 14.3 Å². The minimum atomic E-state index is -0.107. The van der Waals surface area contributed by atoms with Crippen molar-refractivity contribution in [3.05, 3.63) is 52.0 Å². The fraction of sp³-hybridized carbons (Fsp3) is 0.435. The monoisotopic (exact) mass is 416 g/mol. The minimum Gasteiger partial charge on any atom is -0.497 e. The fourth-order valence-electron chi connectivity index (χ4n) is 4.08. The van der Waals surface area contributed by atoms with Gasteiger partial charge in [-0.3, -0.25) is 0 Å². The lowest BCUT2D eigenvalue weighted by atomic mass is 10.0. The van der Waals surface area contributed by atoms with Crippen LogP contribution in [0.4, 0.5) is 10.5 Å². The molecule has 0 aliphatic carbocycles. The van der Waals surface area contributed by atoms with Crippen molar-refractivity contribution >= 4 is 23.3 Å². The third kappa shape index (κ3) is 4.30. The Hall–Kier alpha value is -2.40. The lowest BCUT2D eigenvalue weighted by Gasteiger charge is -2.28. The molecule has 5 nitrogen and oxygen atoms in total. The van der Waals surface area contributed by atoms with E-state index in [2.05, 4.69) is 19.2 Å². The van der Waals surface area contributed by atoms with Gasteiger partial charge in [-0.05, 0) is 61.1 Å². The molecule has 156 valence electrons. The fourth-order valence-corrected chi connectivity index (χ4v) is 4.37. The van der Waals surface area contributed by atoms with Crippen molar-refractivity contribution in [3.63, 3.8) is 0 Å². The summed E-state index contributed by atoms with van der Waals surface area (Å²) in [5, 5.41) is 3.85. The van der Waals surface area contributed by atoms with Gasteiger partial charge in [0.2, 0.25) is 0 Å². The molecule has 0 bridgehead atoms. The minimum absolute atomic E-state index is 0.0608. The summed E-state index contributed by atoms with van der Waals surface area (Å²) in [5.41, 5.74) is 3.89. The SMILES string of the molecule is CCc1ccc(Cl)c(CC)c1NC(=O)N1CCCC1c1cc(OC)ccc1OC. The third-order valence-corrected chi connectivity index (χ3v) is 5.97. The number of likely N-dealkylation sites (tertiary alicyclic amines) is 1. The van der Waals surface area contributed by atoms with Crippen LogP contribution in [-0.2, 0) is 12.8 Å². The van der Waals surface area contributed by atoms with Crippen LogP contribution in [0, 0.1) is 0 Å². The summed E-state index contributed by atoms with van der Waals surface area (Å²) in [6.07, 6.45) is 3.41. The van der Waals surface area contributed by atoms with Crippen LogP contribution in [0.1, 0.15) is 49.4 Å². The summed E-state index contributed by atoms with van der Waals surface area (Å²) in [7, 11) is 3.29. The maximum absolute atomic E-state index is 13.3. The molecule has 1 saturated heterocycles. The number of amides is 2. The van der Waals surface area contributed by atoms with Crippen LogP contribution in [0.15, 0.2) is 30.3 Å². The Labute approximate surface area is 177 Å². The lowest BCUT2D eigenvalue weighted by Crippen LogP contribution is -2.35. The first-order chi connectivity index (χ1) is 14.0. The number of hydrogen-bond donors (Lipinski definition) is 1. The number of nitrogens with zero attached hydrogens (tertiary/aromatic N) is 1. The van der Waals surface area contributed by atoms with Crippen molar-refractivity contribution in [2.45, 2.75) is 45.6 Å². The zero-order chi connectivity index (χ0) is 21.0. The van der Waals surface area contributed by atoms with Crippen LogP contribution in [0.5, 0.6) is 11.5 Å². The molecule has 2 aromatic rings. The summed E-state index contributed by atoms with van der Waals surface area (Å²) in [6, 6.07) is 9.46. The van der Waals surface area contributed by atoms with Crippen LogP contribution in [0.25, 0.3) is 0 Å². The van der Waals surface area contributed by atoms with E-state index < -0.39 is 0 Å². The van der Waals surface area contributed by atoms with E-state index in [0.717, 1.165) is 59.6 Å². The first kappa shape index (κ1) is 21.3. The van der Waals surface area contributed by atoms with Crippen molar-refractivity contribution in [2.24, 2.45) is 0 Å². The molecule has 3 rings (SSSR count). The summed E-state index contributed by atoms with van der Waals surface area (Å²) < 4.78 is 11.0. The van der Waals surface area contributed by atoms with Crippen molar-refractivity contribution in [1.82, 2.24) is 4.90 Å². The molecule has 1 aliphatic rings. The highest BCUT2D eigenvalue weighted by Crippen LogP contribution is 2.39. The van der Waals surface area contributed by atoms with E-state index in [1.807, 2.05) is 35.2 Å². The maximum atomic E-state index is 13.3. The van der Waals surface area contributed by atoms with Gasteiger partial charge in [-0.1, -0.05) is 31.5 Å². The van der Waals surface area contributed by atoms with Gasteiger partial charge in [0, 0.05) is 17.1 Å². The largest absolute Gasteiger partial charge is 0.497 e. The van der Waals surface area contributed by atoms with Crippen LogP contribution >= 0.6 is 11.6 Å². The second kappa shape index (κ2) is 9.40. The summed E-state index contributed by atoms with van der Waals surface area (Å²) in [5.74, 6) is 1.52. The van der Waals surface area contributed by atoms with Crippen molar-refractivity contribution in [2.75, 3.05) is 26.1 Å². The smallest absolute Gasteiger partial charge is 0.322 e. The highest BCUT2D eigenvalue weighted by molar-refractivity contribution is 6.32. The van der Waals surface area contributed by atoms with Gasteiger partial charge in [-0.15, -0.1) is 0 Å². The molecule has 29 heavy (non-hydrogen) atoms. The Kier molecular flexibility index (Phi) is 6.91. The maximum Gasteiger partial charge on any atom is 0.322 e. The van der Waals surface area contributed by atoms with Gasteiger partial charge in [0.15, 0.2) is 0 Å². The van der Waals surface area contributed by atoms with Crippen molar-refractivity contribution in [1.29, 1.82) is 0 Å². The molecule has 1 atom stereocenters. The number of nitrogens with one attached hydrogen (secondary N) is 1. The molecule has 1 aliphatic heterocycles. The number of urea groups is 1. The molecule has 1 N–H and O–H groups in total. The molecule has 1 heterocycles. The topological polar surface area (TPSA) is 50.8 Å². The Balaban J connectivity index is 1.92. The molecule has 1 unspecified atom stereocenters. The van der Waals surface area contributed by atoms with Crippen LogP contribution in [-0.4, -0.2) is 31.7 Å². The number of carbonyl (C=O) groups is 1. The molecule has 0 radical (unpaired) electrons. The Morgan fingerprint density at radius 3 is 2.62 bits per heavy atom. The van der Waals surface area contributed by atoms with Crippen LogP contribution in [0.2, 0.25) is 5.02 Å². The summed E-state index contributed by atoms with van der Waals surface area (Å²) in [4.78, 5) is 15.2. The number of carbonyl (C=O) groups excluding carboxylic acids is 1. The molecule has 2 aromatic carbocycles. The van der Waals surface area contributed by atoms with E-state index >= 15 is 0 Å². The average molecular weight is 417 g/mol. The molecule has 0 saturated carbocycles. The highest BCUT2D eigenvalue weighted by Gasteiger charge is 2.33. The Morgan fingerprint density at radius 2 is 1.97 bits per heavy atom. The standard InChI is InChI=1S/C23H29ClN2O3/c1-5-15-9-11-19(24)17(6-2)22(15)25-23(27)26-13-7-8-20(26)18-14-16(28-3)10-12-21(18)29-4/h9-12,14,20H,5-8,13H2,1-4H3,(H,25,27). The molecule has 1 fully saturated rings. The summed E-state index contributed by atoms with van der Waals surface area (Å²) >= 11 is 6.40. The predicted molar refractivity (Wildman–Crippen MR) is 117 cm³/mol. The van der Waals surface area contributed by atoms with Gasteiger partial charge in [-0.2, -0.15) is 0 Å². The van der Waals surface area contributed by atoms with Gasteiger partial charge in [0.25, 0.3) is 0 Å². The van der Waals surface area contributed by atoms with Crippen LogP contribution < -0.4 is 14.8 Å². The quantitative estimate of drug-likeness (QED) is 0.642. The predicted octanol–water partition coefficient (Wildman–Crippen LogP) is 5.85. The zero-order valence-corrected chi connectivity index (χ0v) is 18.3. The van der Waals surface area contributed by atoms with Crippen LogP contribution in [0.3, 0.4) is 0 Å². The Morgan fingerprint density at radius 1 is 1.17 bits per heavy atom. The molecule has 0 aromatic heterocycles. The second-order valence-electron chi connectivity index (χ2n) is 7.16. The van der Waals surface area contributed by atoms with Crippen molar-refractivity contribution in [3.8, 4) is 11.5 Å². The van der Waals surface area contributed by atoms with E-state index in [0.29, 0.717) is 11.6 Å². The van der Waals surface area contributed by atoms with Gasteiger partial charge in [-0.25, -0.2) is 4.79 Å². The Bertz CT molecular complexity index is 885. The average Bonchev–Trinajstić information content (AvgIpc) is 3.23. The first-order valence-electron chi connectivity index (χ1n) is 10.1. The number of rotatable bonds is 6. The molecule has 2 amide bonds. The van der Waals surface area contributed by atoms with E-state index in [-0.39, 0.29) is 12.1 Å². The van der Waals surface area contributed by atoms with E-state index in [1.54, 1.807) is 14.2 Å². The number of halogens is 1. The number of benzene rings is 2. The number of anilines is 1. The molecule has 6 heteroatoms. The normalized spacial score (nSPS) is 16.0. The lowest BCUT2D eigenvalue weighted by molar-refractivity contribution is 0.206. The zero-order valence-electron chi connectivity index (χ0n) is 17.5. The number of hydrogen-bond acceptors (Lipinski definition) is 3. The van der Waals surface area contributed by atoms with Gasteiger partial charge in [0.1, 0.15) is 11.5 Å². The van der Waals surface area contributed by atoms with Gasteiger partial charge < -0.3 is 19.7 Å². The van der Waals surface area contributed by atoms with Gasteiger partial charge in [0.05, 0.1) is 25.9 Å². The number of aryl methyl sites for hydroxylation is 1.